The van der Waals surface area contributed by atoms with E-state index in [1.54, 1.807) is 24.3 Å². The summed E-state index contributed by atoms with van der Waals surface area (Å²) in [6.45, 7) is -0.456. The summed E-state index contributed by atoms with van der Waals surface area (Å²) in [6.07, 6.45) is 1.14. The number of fused-ring (bicyclic) bond motifs is 5. The summed E-state index contributed by atoms with van der Waals surface area (Å²) in [5.41, 5.74) is 0.766. The molecule has 8 nitrogen and oxygen atoms in total. The number of likely N-dealkylation sites (tertiary alicyclic amines) is 1. The minimum absolute atomic E-state index is 0.118. The summed E-state index contributed by atoms with van der Waals surface area (Å²) in [5, 5.41) is 11.8. The number of hydrogen-bond acceptors (Lipinski definition) is 5. The fourth-order valence-electron chi connectivity index (χ4n) is 4.36. The van der Waals surface area contributed by atoms with Crippen molar-refractivity contribution in [3.05, 3.63) is 35.9 Å². The van der Waals surface area contributed by atoms with Crippen LogP contribution in [0.25, 0.3) is 0 Å². The molecule has 4 rings (SSSR count). The zero-order valence-electron chi connectivity index (χ0n) is 14.5. The number of hydrogen-bond donors (Lipinski definition) is 2. The Labute approximate surface area is 155 Å². The second-order valence-electron chi connectivity index (χ2n) is 7.25. The van der Waals surface area contributed by atoms with Gasteiger partial charge in [0.15, 0.2) is 0 Å². The van der Waals surface area contributed by atoms with E-state index in [2.05, 4.69) is 5.32 Å². The van der Waals surface area contributed by atoms with Gasteiger partial charge in [0.1, 0.15) is 12.6 Å². The maximum absolute atomic E-state index is 12.6. The number of amides is 3. The molecule has 0 aliphatic carbocycles. The summed E-state index contributed by atoms with van der Waals surface area (Å²) < 4.78 is 5.65. The van der Waals surface area contributed by atoms with E-state index in [4.69, 9.17) is 4.74 Å². The van der Waals surface area contributed by atoms with Gasteiger partial charge in [0.25, 0.3) is 0 Å². The molecule has 0 saturated carbocycles. The maximum atomic E-state index is 12.6. The monoisotopic (exact) mass is 372 g/mol. The van der Waals surface area contributed by atoms with Crippen LogP contribution in [-0.4, -0.2) is 58.5 Å². The van der Waals surface area contributed by atoms with E-state index in [1.165, 1.54) is 0 Å². The summed E-state index contributed by atoms with van der Waals surface area (Å²) in [4.78, 5) is 49.9. The van der Waals surface area contributed by atoms with Crippen LogP contribution in [0, 0.1) is 11.8 Å². The first-order valence-corrected chi connectivity index (χ1v) is 9.02. The molecule has 3 fully saturated rings. The highest BCUT2D eigenvalue weighted by Crippen LogP contribution is 2.48. The number of nitrogens with one attached hydrogen (secondary N) is 1. The number of rotatable bonds is 6. The number of carboxylic acids is 1. The fourth-order valence-corrected chi connectivity index (χ4v) is 4.36. The predicted molar refractivity (Wildman–Crippen MR) is 91.3 cm³/mol. The zero-order chi connectivity index (χ0) is 19.1. The standard InChI is InChI=1S/C19H20N2O6/c22-14(20-11(19(25)26)8-10-4-2-1-3-5-10)9-21-17(23)15-12-6-7-13(27-12)16(15)18(21)24/h1-5,11-13,15-16H,6-9H2,(H,20,22)(H,25,26)/t11-,12?,13?,15?,16?/m0/s1. The number of aliphatic carboxylic acids is 1. The second kappa shape index (κ2) is 6.77. The molecule has 3 heterocycles. The van der Waals surface area contributed by atoms with Gasteiger partial charge in [-0.25, -0.2) is 4.79 Å². The second-order valence-corrected chi connectivity index (χ2v) is 7.25. The highest BCUT2D eigenvalue weighted by Gasteiger charge is 2.62. The predicted octanol–water partition coefficient (Wildman–Crippen LogP) is -0.0391. The van der Waals surface area contributed by atoms with Gasteiger partial charge in [-0.15, -0.1) is 0 Å². The number of carboxylic acid groups (broad SMARTS) is 1. The molecule has 0 aromatic heterocycles. The van der Waals surface area contributed by atoms with Crippen LogP contribution in [0.4, 0.5) is 0 Å². The molecule has 2 bridgehead atoms. The van der Waals surface area contributed by atoms with Gasteiger partial charge in [-0.05, 0) is 18.4 Å². The first-order chi connectivity index (χ1) is 13.0. The Hall–Kier alpha value is -2.74. The van der Waals surface area contributed by atoms with Crippen LogP contribution in [0.15, 0.2) is 30.3 Å². The van der Waals surface area contributed by atoms with E-state index in [0.29, 0.717) is 0 Å². The van der Waals surface area contributed by atoms with E-state index in [-0.39, 0.29) is 30.4 Å². The Morgan fingerprint density at radius 3 is 2.26 bits per heavy atom. The Morgan fingerprint density at radius 2 is 1.70 bits per heavy atom. The van der Waals surface area contributed by atoms with Crippen molar-refractivity contribution in [2.45, 2.75) is 37.5 Å². The van der Waals surface area contributed by atoms with Crippen molar-refractivity contribution in [2.75, 3.05) is 6.54 Å². The molecule has 8 heteroatoms. The molecule has 3 aliphatic heterocycles. The van der Waals surface area contributed by atoms with Crippen LogP contribution < -0.4 is 5.32 Å². The molecule has 0 radical (unpaired) electrons. The summed E-state index contributed by atoms with van der Waals surface area (Å²) >= 11 is 0. The molecule has 5 atom stereocenters. The molecule has 4 unspecified atom stereocenters. The molecule has 3 aliphatic rings. The van der Waals surface area contributed by atoms with Gasteiger partial charge in [-0.1, -0.05) is 30.3 Å². The molecule has 2 N–H and O–H groups in total. The van der Waals surface area contributed by atoms with Crippen LogP contribution in [0.3, 0.4) is 0 Å². The third-order valence-corrected chi connectivity index (χ3v) is 5.59. The topological polar surface area (TPSA) is 113 Å². The minimum Gasteiger partial charge on any atom is -0.480 e. The molecular formula is C19H20N2O6. The van der Waals surface area contributed by atoms with Crippen LogP contribution in [0.1, 0.15) is 18.4 Å². The molecule has 1 aromatic rings. The Balaban J connectivity index is 1.40. The van der Waals surface area contributed by atoms with Crippen molar-refractivity contribution >= 4 is 23.7 Å². The summed E-state index contributed by atoms with van der Waals surface area (Å²) in [7, 11) is 0. The lowest BCUT2D eigenvalue weighted by atomic mass is 9.81. The summed E-state index contributed by atoms with van der Waals surface area (Å²) in [6, 6.07) is 7.79. The normalized spacial score (nSPS) is 29.7. The molecule has 27 heavy (non-hydrogen) atoms. The number of nitrogens with zero attached hydrogens (tertiary/aromatic N) is 1. The Bertz CT molecular complexity index is 767. The molecule has 142 valence electrons. The van der Waals surface area contributed by atoms with Crippen molar-refractivity contribution in [1.29, 1.82) is 0 Å². The number of carbonyl (C=O) groups excluding carboxylic acids is 3. The zero-order valence-corrected chi connectivity index (χ0v) is 14.5. The highest BCUT2D eigenvalue weighted by molar-refractivity contribution is 6.08. The van der Waals surface area contributed by atoms with Gasteiger partial charge in [0, 0.05) is 6.42 Å². The van der Waals surface area contributed by atoms with E-state index < -0.39 is 36.3 Å². The van der Waals surface area contributed by atoms with E-state index in [0.717, 1.165) is 23.3 Å². The number of carbonyl (C=O) groups is 4. The quantitative estimate of drug-likeness (QED) is 0.678. The lowest BCUT2D eigenvalue weighted by molar-refractivity contribution is -0.146. The summed E-state index contributed by atoms with van der Waals surface area (Å²) in [5.74, 6) is -3.60. The Morgan fingerprint density at radius 1 is 1.11 bits per heavy atom. The van der Waals surface area contributed by atoms with Crippen molar-refractivity contribution in [1.82, 2.24) is 10.2 Å². The van der Waals surface area contributed by atoms with E-state index in [1.807, 2.05) is 6.07 Å². The number of imide groups is 1. The largest absolute Gasteiger partial charge is 0.480 e. The first-order valence-electron chi connectivity index (χ1n) is 9.02. The SMILES string of the molecule is O=C(CN1C(=O)C2C3CCC(O3)C2C1=O)N[C@@H](Cc1ccccc1)C(=O)O. The van der Waals surface area contributed by atoms with Gasteiger partial charge >= 0.3 is 5.97 Å². The van der Waals surface area contributed by atoms with E-state index >= 15 is 0 Å². The third-order valence-electron chi connectivity index (χ3n) is 5.59. The average molecular weight is 372 g/mol. The van der Waals surface area contributed by atoms with Gasteiger partial charge in [0.05, 0.1) is 24.0 Å². The van der Waals surface area contributed by atoms with Crippen LogP contribution in [0.2, 0.25) is 0 Å². The van der Waals surface area contributed by atoms with Crippen molar-refractivity contribution in [2.24, 2.45) is 11.8 Å². The number of ether oxygens (including phenoxy) is 1. The molecular weight excluding hydrogens is 352 g/mol. The molecule has 1 aromatic carbocycles. The smallest absolute Gasteiger partial charge is 0.326 e. The van der Waals surface area contributed by atoms with Crippen LogP contribution in [-0.2, 0) is 30.3 Å². The van der Waals surface area contributed by atoms with Gasteiger partial charge < -0.3 is 15.2 Å². The first kappa shape index (κ1) is 17.7. The van der Waals surface area contributed by atoms with Gasteiger partial charge in [-0.3, -0.25) is 19.3 Å². The van der Waals surface area contributed by atoms with Crippen LogP contribution >= 0.6 is 0 Å². The number of benzene rings is 1. The molecule has 3 saturated heterocycles. The molecule has 0 spiro atoms. The fraction of sp³-hybridized carbons (Fsp3) is 0.474. The van der Waals surface area contributed by atoms with Crippen molar-refractivity contribution in [3.8, 4) is 0 Å². The lowest BCUT2D eigenvalue weighted by Gasteiger charge is -2.19. The third kappa shape index (κ3) is 3.10. The van der Waals surface area contributed by atoms with Crippen molar-refractivity contribution in [3.63, 3.8) is 0 Å². The molecule has 3 amide bonds. The maximum Gasteiger partial charge on any atom is 0.326 e. The van der Waals surface area contributed by atoms with Gasteiger partial charge in [-0.2, -0.15) is 0 Å². The van der Waals surface area contributed by atoms with Crippen LogP contribution in [0.5, 0.6) is 0 Å². The van der Waals surface area contributed by atoms with Crippen molar-refractivity contribution < 1.29 is 29.0 Å². The van der Waals surface area contributed by atoms with Gasteiger partial charge in [0.2, 0.25) is 17.7 Å². The lowest BCUT2D eigenvalue weighted by Crippen LogP contribution is -2.48. The average Bonchev–Trinajstić information content (AvgIpc) is 3.32. The minimum atomic E-state index is -1.17. The Kier molecular flexibility index (Phi) is 4.43. The van der Waals surface area contributed by atoms with E-state index in [9.17, 15) is 24.3 Å². The highest BCUT2D eigenvalue weighted by atomic mass is 16.5.